The van der Waals surface area contributed by atoms with Crippen molar-refractivity contribution >= 4 is 23.5 Å². The molecule has 0 radical (unpaired) electrons. The lowest BCUT2D eigenvalue weighted by Crippen LogP contribution is -2.37. The van der Waals surface area contributed by atoms with Gasteiger partial charge in [-0.15, -0.1) is 0 Å². The fourth-order valence-corrected chi connectivity index (χ4v) is 3.25. The van der Waals surface area contributed by atoms with Crippen molar-refractivity contribution in [3.63, 3.8) is 0 Å². The molecule has 1 aliphatic rings. The SMILES string of the molecule is COC(=O)CCC(C(=O)OCCl)C1OC(n2cc(C)c(=O)[nH]c2=O)CC1N=[N+]=[N-]. The lowest BCUT2D eigenvalue weighted by molar-refractivity contribution is -0.154. The zero-order valence-corrected chi connectivity index (χ0v) is 16.5. The van der Waals surface area contributed by atoms with Crippen LogP contribution in [0.4, 0.5) is 0 Å². The van der Waals surface area contributed by atoms with E-state index in [1.807, 2.05) is 0 Å². The molecule has 1 fully saturated rings. The second-order valence-corrected chi connectivity index (χ2v) is 6.55. The van der Waals surface area contributed by atoms with Gasteiger partial charge in [0, 0.05) is 29.5 Å². The largest absolute Gasteiger partial charge is 0.469 e. The van der Waals surface area contributed by atoms with Crippen LogP contribution in [0.15, 0.2) is 20.9 Å². The van der Waals surface area contributed by atoms with Gasteiger partial charge in [0.25, 0.3) is 5.56 Å². The summed E-state index contributed by atoms with van der Waals surface area (Å²) in [6, 6.07) is -1.23. The van der Waals surface area contributed by atoms with Crippen molar-refractivity contribution in [3.05, 3.63) is 43.0 Å². The van der Waals surface area contributed by atoms with Gasteiger partial charge in [-0.2, -0.15) is 0 Å². The van der Waals surface area contributed by atoms with E-state index in [9.17, 15) is 19.2 Å². The predicted molar refractivity (Wildman–Crippen MR) is 99.1 cm³/mol. The molecule has 0 amide bonds. The number of nitrogens with zero attached hydrogens (tertiary/aromatic N) is 4. The molecule has 12 nitrogen and oxygen atoms in total. The molecule has 0 saturated carbocycles. The number of aromatic amines is 1. The monoisotopic (exact) mass is 429 g/mol. The van der Waals surface area contributed by atoms with Crippen molar-refractivity contribution in [2.75, 3.05) is 13.2 Å². The van der Waals surface area contributed by atoms with Crippen LogP contribution in [0.5, 0.6) is 0 Å². The van der Waals surface area contributed by atoms with E-state index in [0.717, 1.165) is 4.57 Å². The number of alkyl halides is 1. The van der Waals surface area contributed by atoms with Gasteiger partial charge in [0.2, 0.25) is 0 Å². The summed E-state index contributed by atoms with van der Waals surface area (Å²) in [5.41, 5.74) is 7.93. The second-order valence-electron chi connectivity index (χ2n) is 6.34. The molecule has 13 heteroatoms. The molecule has 1 aromatic rings. The molecule has 1 aromatic heterocycles. The molecule has 1 aliphatic heterocycles. The molecule has 0 spiro atoms. The van der Waals surface area contributed by atoms with E-state index in [-0.39, 0.29) is 24.8 Å². The predicted octanol–water partition coefficient (Wildman–Crippen LogP) is 1.12. The van der Waals surface area contributed by atoms with Crippen molar-refractivity contribution in [3.8, 4) is 0 Å². The molecule has 0 aromatic carbocycles. The molecule has 1 saturated heterocycles. The Hall–Kier alpha value is -2.82. The Morgan fingerprint density at radius 2 is 2.24 bits per heavy atom. The molecular formula is C16H20ClN5O7. The molecule has 4 unspecified atom stereocenters. The van der Waals surface area contributed by atoms with Gasteiger partial charge < -0.3 is 14.2 Å². The number of ether oxygens (including phenoxy) is 3. The number of azide groups is 1. The third-order valence-electron chi connectivity index (χ3n) is 4.58. The normalized spacial score (nSPS) is 21.8. The Morgan fingerprint density at radius 3 is 2.86 bits per heavy atom. The molecule has 29 heavy (non-hydrogen) atoms. The van der Waals surface area contributed by atoms with Crippen LogP contribution >= 0.6 is 11.6 Å². The Morgan fingerprint density at radius 1 is 1.52 bits per heavy atom. The molecule has 1 N–H and O–H groups in total. The third-order valence-corrected chi connectivity index (χ3v) is 4.69. The van der Waals surface area contributed by atoms with Crippen LogP contribution in [-0.2, 0) is 23.8 Å². The van der Waals surface area contributed by atoms with Gasteiger partial charge in [-0.05, 0) is 18.9 Å². The van der Waals surface area contributed by atoms with Crippen molar-refractivity contribution in [1.82, 2.24) is 9.55 Å². The number of hydrogen-bond donors (Lipinski definition) is 1. The fraction of sp³-hybridized carbons (Fsp3) is 0.625. The summed E-state index contributed by atoms with van der Waals surface area (Å²) >= 11 is 5.48. The van der Waals surface area contributed by atoms with Gasteiger partial charge in [0.15, 0.2) is 6.07 Å². The van der Waals surface area contributed by atoms with E-state index in [1.54, 1.807) is 0 Å². The number of methoxy groups -OCH3 is 1. The van der Waals surface area contributed by atoms with Crippen molar-refractivity contribution in [2.24, 2.45) is 11.0 Å². The Balaban J connectivity index is 2.36. The van der Waals surface area contributed by atoms with E-state index in [0.29, 0.717) is 0 Å². The van der Waals surface area contributed by atoms with Crippen LogP contribution in [-0.4, -0.2) is 46.8 Å². The summed E-state index contributed by atoms with van der Waals surface area (Å²) < 4.78 is 16.5. The van der Waals surface area contributed by atoms with E-state index >= 15 is 0 Å². The number of rotatable bonds is 8. The molecule has 4 atom stereocenters. The van der Waals surface area contributed by atoms with Crippen LogP contribution in [0.25, 0.3) is 10.4 Å². The summed E-state index contributed by atoms with van der Waals surface area (Å²) in [5.74, 6) is -2.28. The van der Waals surface area contributed by atoms with Gasteiger partial charge in [0.05, 0.1) is 25.2 Å². The van der Waals surface area contributed by atoms with Crippen LogP contribution in [0, 0.1) is 12.8 Å². The fourth-order valence-electron chi connectivity index (χ4n) is 3.14. The average Bonchev–Trinajstić information content (AvgIpc) is 3.08. The number of aryl methyl sites for hydroxylation is 1. The van der Waals surface area contributed by atoms with Crippen LogP contribution < -0.4 is 11.2 Å². The Bertz CT molecular complexity index is 923. The first-order valence-electron chi connectivity index (χ1n) is 8.63. The van der Waals surface area contributed by atoms with Crippen molar-refractivity contribution in [1.29, 1.82) is 0 Å². The maximum absolute atomic E-state index is 12.4. The third kappa shape index (κ3) is 5.37. The quantitative estimate of drug-likeness (QED) is 0.212. The molecule has 2 rings (SSSR count). The smallest absolute Gasteiger partial charge is 0.330 e. The molecule has 2 heterocycles. The highest BCUT2D eigenvalue weighted by Gasteiger charge is 2.44. The number of hydrogen-bond acceptors (Lipinski definition) is 8. The number of aromatic nitrogens is 2. The second kappa shape index (κ2) is 10.1. The van der Waals surface area contributed by atoms with Gasteiger partial charge in [-0.1, -0.05) is 16.7 Å². The molecular weight excluding hydrogens is 410 g/mol. The summed E-state index contributed by atoms with van der Waals surface area (Å²) in [6.07, 6.45) is -0.593. The van der Waals surface area contributed by atoms with E-state index in [1.165, 1.54) is 20.2 Å². The standard InChI is InChI=1S/C16H20ClN5O7/c1-8-6-22(16(26)19-14(8)24)11-5-10(20-21-18)13(29-11)9(15(25)28-7-17)3-4-12(23)27-2/h6,9-11,13H,3-5,7H2,1-2H3,(H,19,24,26). The first-order chi connectivity index (χ1) is 13.8. The summed E-state index contributed by atoms with van der Waals surface area (Å²) in [7, 11) is 1.21. The number of esters is 2. The Kier molecular flexibility index (Phi) is 7.82. The number of carbonyl (C=O) groups excluding carboxylic acids is 2. The number of nitrogens with one attached hydrogen (secondary N) is 1. The molecule has 0 bridgehead atoms. The molecule has 0 aliphatic carbocycles. The molecule has 158 valence electrons. The highest BCUT2D eigenvalue weighted by Crippen LogP contribution is 2.36. The van der Waals surface area contributed by atoms with E-state index in [2.05, 4.69) is 19.7 Å². The maximum atomic E-state index is 12.4. The number of carbonyl (C=O) groups is 2. The van der Waals surface area contributed by atoms with Gasteiger partial charge >= 0.3 is 17.6 Å². The zero-order chi connectivity index (χ0) is 21.6. The van der Waals surface area contributed by atoms with Crippen molar-refractivity contribution in [2.45, 2.75) is 44.6 Å². The lowest BCUT2D eigenvalue weighted by atomic mass is 9.92. The zero-order valence-electron chi connectivity index (χ0n) is 15.7. The highest BCUT2D eigenvalue weighted by atomic mass is 35.5. The minimum absolute atomic E-state index is 0.00319. The van der Waals surface area contributed by atoms with E-state index in [4.69, 9.17) is 26.6 Å². The summed E-state index contributed by atoms with van der Waals surface area (Å²) in [6.45, 7) is 1.52. The minimum atomic E-state index is -0.993. The van der Waals surface area contributed by atoms with Gasteiger partial charge in [-0.3, -0.25) is 23.9 Å². The first kappa shape index (κ1) is 22.5. The maximum Gasteiger partial charge on any atom is 0.330 e. The minimum Gasteiger partial charge on any atom is -0.469 e. The summed E-state index contributed by atoms with van der Waals surface area (Å²) in [4.78, 5) is 52.6. The average molecular weight is 430 g/mol. The van der Waals surface area contributed by atoms with Gasteiger partial charge in [0.1, 0.15) is 6.23 Å². The van der Waals surface area contributed by atoms with E-state index < -0.39 is 53.5 Å². The first-order valence-corrected chi connectivity index (χ1v) is 9.17. The van der Waals surface area contributed by atoms with Crippen LogP contribution in [0.1, 0.15) is 31.1 Å². The number of H-pyrrole nitrogens is 1. The topological polar surface area (TPSA) is 165 Å². The van der Waals surface area contributed by atoms with Gasteiger partial charge in [-0.25, -0.2) is 4.79 Å². The lowest BCUT2D eigenvalue weighted by Gasteiger charge is -2.24. The highest BCUT2D eigenvalue weighted by molar-refractivity contribution is 6.17. The summed E-state index contributed by atoms with van der Waals surface area (Å²) in [5, 5.41) is 3.67. The van der Waals surface area contributed by atoms with Crippen LogP contribution in [0.2, 0.25) is 0 Å². The van der Waals surface area contributed by atoms with Crippen LogP contribution in [0.3, 0.4) is 0 Å². The Labute approximate surface area is 169 Å². The van der Waals surface area contributed by atoms with Crippen molar-refractivity contribution < 1.29 is 23.8 Å². The number of halogens is 1.